The number of hydrogen-bond acceptors (Lipinski definition) is 3. The molecule has 5 nitrogen and oxygen atoms in total. The molecule has 1 saturated heterocycles. The summed E-state index contributed by atoms with van der Waals surface area (Å²) < 4.78 is 28.8. The Morgan fingerprint density at radius 3 is 2.25 bits per heavy atom. The molecule has 1 saturated carbocycles. The molecule has 2 N–H and O–H groups in total. The molecule has 0 aromatic carbocycles. The topological polar surface area (TPSA) is 61.4 Å². The monoisotopic (exact) mass is 303 g/mol. The van der Waals surface area contributed by atoms with Crippen LogP contribution in [0.5, 0.6) is 0 Å². The van der Waals surface area contributed by atoms with Gasteiger partial charge in [0, 0.05) is 19.6 Å². The van der Waals surface area contributed by atoms with E-state index in [4.69, 9.17) is 0 Å². The van der Waals surface area contributed by atoms with E-state index in [1.807, 2.05) is 0 Å². The molecule has 1 heterocycles. The second-order valence-electron chi connectivity index (χ2n) is 6.20. The van der Waals surface area contributed by atoms with Gasteiger partial charge in [0.25, 0.3) is 10.2 Å². The number of hydrogen-bond donors (Lipinski definition) is 2. The van der Waals surface area contributed by atoms with Gasteiger partial charge in [0.15, 0.2) is 0 Å². The van der Waals surface area contributed by atoms with Crippen molar-refractivity contribution in [2.45, 2.75) is 45.4 Å². The van der Waals surface area contributed by atoms with Crippen LogP contribution in [0.2, 0.25) is 0 Å². The molecule has 118 valence electrons. The molecule has 2 rings (SSSR count). The van der Waals surface area contributed by atoms with Gasteiger partial charge in [-0.05, 0) is 57.0 Å². The first-order valence-corrected chi connectivity index (χ1v) is 9.51. The van der Waals surface area contributed by atoms with Crippen LogP contribution >= 0.6 is 0 Å². The molecule has 2 aliphatic rings. The SMILES string of the molecule is CCCNCC1CCN(S(=O)(=O)NCC2CCC2)CC1. The maximum atomic E-state index is 12.2. The predicted molar refractivity (Wildman–Crippen MR) is 81.7 cm³/mol. The van der Waals surface area contributed by atoms with E-state index < -0.39 is 10.2 Å². The van der Waals surface area contributed by atoms with Crippen molar-refractivity contribution in [2.75, 3.05) is 32.7 Å². The van der Waals surface area contributed by atoms with Gasteiger partial charge in [-0.25, -0.2) is 4.72 Å². The predicted octanol–water partition coefficient (Wildman–Crippen LogP) is 1.33. The minimum Gasteiger partial charge on any atom is -0.316 e. The quantitative estimate of drug-likeness (QED) is 0.665. The fourth-order valence-corrected chi connectivity index (χ4v) is 4.17. The molecule has 0 radical (unpaired) electrons. The molecule has 6 heteroatoms. The lowest BCUT2D eigenvalue weighted by molar-refractivity contribution is 0.261. The molecule has 2 fully saturated rings. The number of piperidine rings is 1. The summed E-state index contributed by atoms with van der Waals surface area (Å²) in [4.78, 5) is 0. The Labute approximate surface area is 123 Å². The molecule has 0 atom stereocenters. The smallest absolute Gasteiger partial charge is 0.279 e. The zero-order valence-electron chi connectivity index (χ0n) is 12.6. The Kier molecular flexibility index (Phi) is 6.26. The molecule has 0 aromatic heterocycles. The Balaban J connectivity index is 1.68. The average Bonchev–Trinajstić information content (AvgIpc) is 2.38. The highest BCUT2D eigenvalue weighted by Crippen LogP contribution is 2.26. The highest BCUT2D eigenvalue weighted by Gasteiger charge is 2.28. The van der Waals surface area contributed by atoms with Crippen LogP contribution in [0.25, 0.3) is 0 Å². The minimum absolute atomic E-state index is 0.570. The van der Waals surface area contributed by atoms with Crippen LogP contribution in [0.4, 0.5) is 0 Å². The molecule has 1 aliphatic heterocycles. The summed E-state index contributed by atoms with van der Waals surface area (Å²) in [5.41, 5.74) is 0. The van der Waals surface area contributed by atoms with Crippen molar-refractivity contribution < 1.29 is 8.42 Å². The molecular formula is C14H29N3O2S. The maximum absolute atomic E-state index is 12.2. The third kappa shape index (κ3) is 4.69. The van der Waals surface area contributed by atoms with Crippen LogP contribution in [0.1, 0.15) is 45.4 Å². The average molecular weight is 303 g/mol. The van der Waals surface area contributed by atoms with Crippen LogP contribution in [0.3, 0.4) is 0 Å². The number of nitrogens with zero attached hydrogens (tertiary/aromatic N) is 1. The fraction of sp³-hybridized carbons (Fsp3) is 1.00. The molecule has 20 heavy (non-hydrogen) atoms. The summed E-state index contributed by atoms with van der Waals surface area (Å²) in [5, 5.41) is 3.43. The van der Waals surface area contributed by atoms with Gasteiger partial charge < -0.3 is 5.32 Å². The van der Waals surface area contributed by atoms with E-state index in [0.717, 1.165) is 32.4 Å². The van der Waals surface area contributed by atoms with E-state index >= 15 is 0 Å². The van der Waals surface area contributed by atoms with Gasteiger partial charge in [-0.3, -0.25) is 0 Å². The lowest BCUT2D eigenvalue weighted by atomic mass is 9.86. The number of nitrogens with one attached hydrogen (secondary N) is 2. The van der Waals surface area contributed by atoms with Gasteiger partial charge in [-0.15, -0.1) is 0 Å². The summed E-state index contributed by atoms with van der Waals surface area (Å²) in [6, 6.07) is 0. The van der Waals surface area contributed by atoms with Gasteiger partial charge in [-0.1, -0.05) is 13.3 Å². The molecule has 0 aromatic rings. The van der Waals surface area contributed by atoms with Gasteiger partial charge in [0.2, 0.25) is 0 Å². The first-order chi connectivity index (χ1) is 9.62. The zero-order chi connectivity index (χ0) is 14.4. The number of rotatable bonds is 8. The van der Waals surface area contributed by atoms with Gasteiger partial charge in [-0.2, -0.15) is 12.7 Å². The Morgan fingerprint density at radius 2 is 1.70 bits per heavy atom. The molecular weight excluding hydrogens is 274 g/mol. The second kappa shape index (κ2) is 7.73. The van der Waals surface area contributed by atoms with Crippen molar-refractivity contribution >= 4 is 10.2 Å². The summed E-state index contributed by atoms with van der Waals surface area (Å²) in [7, 11) is -3.24. The normalized spacial score (nSPS) is 22.9. The highest BCUT2D eigenvalue weighted by atomic mass is 32.2. The van der Waals surface area contributed by atoms with Crippen LogP contribution in [-0.4, -0.2) is 45.4 Å². The zero-order valence-corrected chi connectivity index (χ0v) is 13.4. The van der Waals surface area contributed by atoms with Crippen molar-refractivity contribution in [2.24, 2.45) is 11.8 Å². The van der Waals surface area contributed by atoms with Crippen LogP contribution in [0, 0.1) is 11.8 Å². The van der Waals surface area contributed by atoms with Crippen LogP contribution < -0.4 is 10.0 Å². The van der Waals surface area contributed by atoms with E-state index in [-0.39, 0.29) is 0 Å². The van der Waals surface area contributed by atoms with Gasteiger partial charge in [0.1, 0.15) is 0 Å². The maximum Gasteiger partial charge on any atom is 0.279 e. The summed E-state index contributed by atoms with van der Waals surface area (Å²) >= 11 is 0. The van der Waals surface area contributed by atoms with Gasteiger partial charge >= 0.3 is 0 Å². The van der Waals surface area contributed by atoms with Crippen molar-refractivity contribution in [3.63, 3.8) is 0 Å². The third-order valence-corrected chi connectivity index (χ3v) is 6.13. The molecule has 0 bridgehead atoms. The lowest BCUT2D eigenvalue weighted by Gasteiger charge is -2.32. The van der Waals surface area contributed by atoms with Crippen molar-refractivity contribution in [1.82, 2.24) is 14.3 Å². The van der Waals surface area contributed by atoms with E-state index in [9.17, 15) is 8.42 Å². The van der Waals surface area contributed by atoms with E-state index in [2.05, 4.69) is 17.0 Å². The lowest BCUT2D eigenvalue weighted by Crippen LogP contribution is -2.47. The largest absolute Gasteiger partial charge is 0.316 e. The standard InChI is InChI=1S/C14H29N3O2S/c1-2-8-15-11-14-6-9-17(10-7-14)20(18,19)16-12-13-4-3-5-13/h13-16H,2-12H2,1H3. The molecule has 0 spiro atoms. The van der Waals surface area contributed by atoms with Gasteiger partial charge in [0.05, 0.1) is 0 Å². The molecule has 1 aliphatic carbocycles. The van der Waals surface area contributed by atoms with E-state index in [0.29, 0.717) is 31.5 Å². The summed E-state index contributed by atoms with van der Waals surface area (Å²) in [6.45, 7) is 6.20. The van der Waals surface area contributed by atoms with Crippen molar-refractivity contribution in [3.05, 3.63) is 0 Å². The van der Waals surface area contributed by atoms with Crippen LogP contribution in [0.15, 0.2) is 0 Å². The van der Waals surface area contributed by atoms with Crippen LogP contribution in [-0.2, 0) is 10.2 Å². The Bertz CT molecular complexity index is 374. The second-order valence-corrected chi connectivity index (χ2v) is 7.95. The Hall–Kier alpha value is -0.170. The van der Waals surface area contributed by atoms with Crippen molar-refractivity contribution in [3.8, 4) is 0 Å². The van der Waals surface area contributed by atoms with E-state index in [1.54, 1.807) is 4.31 Å². The summed E-state index contributed by atoms with van der Waals surface area (Å²) in [6.07, 6.45) is 6.70. The Morgan fingerprint density at radius 1 is 1.05 bits per heavy atom. The molecule has 0 amide bonds. The fourth-order valence-electron chi connectivity index (χ4n) is 2.85. The van der Waals surface area contributed by atoms with Crippen molar-refractivity contribution in [1.29, 1.82) is 0 Å². The highest BCUT2D eigenvalue weighted by molar-refractivity contribution is 7.87. The van der Waals surface area contributed by atoms with E-state index in [1.165, 1.54) is 19.3 Å². The summed E-state index contributed by atoms with van der Waals surface area (Å²) in [5.74, 6) is 1.19. The first-order valence-electron chi connectivity index (χ1n) is 8.07. The third-order valence-electron chi connectivity index (χ3n) is 4.55. The molecule has 0 unspecified atom stereocenters. The minimum atomic E-state index is -3.24. The first kappa shape index (κ1) is 16.2.